The van der Waals surface area contributed by atoms with Gasteiger partial charge in [-0.2, -0.15) is 0 Å². The Hall–Kier alpha value is -4.41. The summed E-state index contributed by atoms with van der Waals surface area (Å²) in [6.45, 7) is 4.50. The molecule has 0 fully saturated rings. The minimum atomic E-state index is -0.325. The molecule has 1 aromatic heterocycles. The average Bonchev–Trinajstić information content (AvgIpc) is 3.61. The zero-order valence-corrected chi connectivity index (χ0v) is 25.2. The molecule has 6 aromatic rings. The Morgan fingerprint density at radius 2 is 1.10 bits per heavy atom. The van der Waals surface area contributed by atoms with Gasteiger partial charge in [0.15, 0.2) is 0 Å². The fourth-order valence-electron chi connectivity index (χ4n) is 5.19. The molecule has 2 nitrogen and oxygen atoms in total. The van der Waals surface area contributed by atoms with Gasteiger partial charge in [0.25, 0.3) is 0 Å². The van der Waals surface area contributed by atoms with Crippen molar-refractivity contribution >= 4 is 22.6 Å². The summed E-state index contributed by atoms with van der Waals surface area (Å²) < 4.78 is 2.26. The summed E-state index contributed by atoms with van der Waals surface area (Å²) in [4.78, 5) is 4.39. The van der Waals surface area contributed by atoms with Crippen LogP contribution in [-0.4, -0.2) is 26.9 Å². The first-order chi connectivity index (χ1) is 20.6. The Morgan fingerprint density at radius 3 is 1.55 bits per heavy atom. The SMILES string of the molecule is CC(C)c1cccc([Si]C(c2ccccc2)(c2ccccc2)n2ccnc2)c1.[B]C(c1ccccc1)c1ccccc1. The number of rotatable bonds is 8. The highest BCUT2D eigenvalue weighted by atomic mass is 28.2. The van der Waals surface area contributed by atoms with Gasteiger partial charge < -0.3 is 4.57 Å². The number of aromatic nitrogens is 2. The standard InChI is InChI=1S/C25H24N2Si.C13H11B/c1-20(2)21-10-9-15-24(18-21)28-25(27-17-16-26-19-27,22-11-5-3-6-12-22)23-13-7-4-8-14-23;14-13(11-7-3-1-4-8-11)12-9-5-2-6-10-12/h3-20H,1-2H3;1-10,13H. The summed E-state index contributed by atoms with van der Waals surface area (Å²) in [6, 6.07) is 50.9. The Bertz CT molecular complexity index is 1540. The summed E-state index contributed by atoms with van der Waals surface area (Å²) in [5, 5.41) is 1.03. The maximum absolute atomic E-state index is 6.12. The minimum absolute atomic E-state index is 0.0163. The smallest absolute Gasteiger partial charge is 0.127 e. The Kier molecular flexibility index (Phi) is 9.68. The summed E-state index contributed by atoms with van der Waals surface area (Å²) in [6.07, 6.45) is 5.90. The molecule has 1 heterocycles. The van der Waals surface area contributed by atoms with Gasteiger partial charge in [0.1, 0.15) is 9.52 Å². The molecule has 4 heteroatoms. The van der Waals surface area contributed by atoms with E-state index in [1.165, 1.54) is 21.9 Å². The lowest BCUT2D eigenvalue weighted by atomic mass is 9.76. The van der Waals surface area contributed by atoms with Gasteiger partial charge in [-0.15, -0.1) is 0 Å². The van der Waals surface area contributed by atoms with Gasteiger partial charge in [-0.25, -0.2) is 4.98 Å². The van der Waals surface area contributed by atoms with Crippen LogP contribution in [0.2, 0.25) is 0 Å². The van der Waals surface area contributed by atoms with Crippen molar-refractivity contribution in [1.29, 1.82) is 0 Å². The highest BCUT2D eigenvalue weighted by molar-refractivity contribution is 6.57. The Labute approximate surface area is 254 Å². The van der Waals surface area contributed by atoms with E-state index in [0.29, 0.717) is 15.4 Å². The van der Waals surface area contributed by atoms with E-state index in [-0.39, 0.29) is 11.0 Å². The summed E-state index contributed by atoms with van der Waals surface area (Å²) in [5.74, 6) is 0.498. The summed E-state index contributed by atoms with van der Waals surface area (Å²) in [5.41, 5.74) is 6.23. The van der Waals surface area contributed by atoms with Crippen molar-refractivity contribution in [2.75, 3.05) is 0 Å². The zero-order chi connectivity index (χ0) is 29.2. The van der Waals surface area contributed by atoms with Gasteiger partial charge in [-0.3, -0.25) is 0 Å². The Balaban J connectivity index is 0.000000211. The third-order valence-electron chi connectivity index (χ3n) is 7.47. The highest BCUT2D eigenvalue weighted by Gasteiger charge is 2.37. The van der Waals surface area contributed by atoms with Crippen LogP contribution in [0.5, 0.6) is 0 Å². The fourth-order valence-corrected chi connectivity index (χ4v) is 6.91. The molecule has 0 unspecified atom stereocenters. The molecule has 0 N–H and O–H groups in total. The van der Waals surface area contributed by atoms with Gasteiger partial charge in [0.2, 0.25) is 0 Å². The van der Waals surface area contributed by atoms with E-state index >= 15 is 0 Å². The van der Waals surface area contributed by atoms with Crippen molar-refractivity contribution in [2.24, 2.45) is 0 Å². The van der Waals surface area contributed by atoms with Gasteiger partial charge in [0.05, 0.1) is 19.3 Å². The molecule has 0 spiro atoms. The monoisotopic (exact) mass is 558 g/mol. The average molecular weight is 559 g/mol. The van der Waals surface area contributed by atoms with Crippen LogP contribution in [0.4, 0.5) is 0 Å². The molecule has 0 saturated carbocycles. The van der Waals surface area contributed by atoms with Crippen molar-refractivity contribution in [3.63, 3.8) is 0 Å². The second-order valence-corrected chi connectivity index (χ2v) is 12.2. The first-order valence-corrected chi connectivity index (χ1v) is 15.4. The molecule has 0 atom stereocenters. The van der Waals surface area contributed by atoms with Crippen molar-refractivity contribution < 1.29 is 0 Å². The lowest BCUT2D eigenvalue weighted by Gasteiger charge is -2.36. The number of nitrogens with zero attached hydrogens (tertiary/aromatic N) is 2. The van der Waals surface area contributed by atoms with Crippen LogP contribution >= 0.6 is 0 Å². The number of hydrogen-bond donors (Lipinski definition) is 0. The quantitative estimate of drug-likeness (QED) is 0.175. The highest BCUT2D eigenvalue weighted by Crippen LogP contribution is 2.33. The second kappa shape index (κ2) is 14.0. The van der Waals surface area contributed by atoms with E-state index in [0.717, 1.165) is 11.1 Å². The summed E-state index contributed by atoms with van der Waals surface area (Å²) in [7, 11) is 6.64. The molecule has 5 aromatic carbocycles. The molecule has 0 saturated heterocycles. The third kappa shape index (κ3) is 6.72. The molecular formula is C38H35BN2Si. The van der Waals surface area contributed by atoms with Gasteiger partial charge >= 0.3 is 0 Å². The van der Waals surface area contributed by atoms with E-state index in [1.54, 1.807) is 0 Å². The molecule has 204 valence electrons. The number of benzene rings is 5. The molecule has 0 bridgehead atoms. The van der Waals surface area contributed by atoms with E-state index in [4.69, 9.17) is 7.85 Å². The predicted octanol–water partition coefficient (Wildman–Crippen LogP) is 7.73. The normalized spacial score (nSPS) is 11.2. The van der Waals surface area contributed by atoms with Crippen molar-refractivity contribution in [3.05, 3.63) is 192 Å². The number of imidazole rings is 1. The van der Waals surface area contributed by atoms with Crippen LogP contribution in [0.15, 0.2) is 164 Å². The second-order valence-electron chi connectivity index (χ2n) is 10.6. The fraction of sp³-hybridized carbons (Fsp3) is 0.132. The largest absolute Gasteiger partial charge is 0.326 e. The third-order valence-corrected chi connectivity index (χ3v) is 9.27. The topological polar surface area (TPSA) is 17.8 Å². The van der Waals surface area contributed by atoms with Gasteiger partial charge in [-0.05, 0) is 39.6 Å². The minimum Gasteiger partial charge on any atom is -0.326 e. The number of hydrogen-bond acceptors (Lipinski definition) is 1. The van der Waals surface area contributed by atoms with Crippen molar-refractivity contribution in [2.45, 2.75) is 30.7 Å². The van der Waals surface area contributed by atoms with Crippen LogP contribution in [-0.2, 0) is 5.16 Å². The maximum Gasteiger partial charge on any atom is 0.127 e. The molecule has 0 aliphatic carbocycles. The first-order valence-electron chi connectivity index (χ1n) is 14.4. The zero-order valence-electron chi connectivity index (χ0n) is 24.2. The van der Waals surface area contributed by atoms with Crippen LogP contribution < -0.4 is 5.19 Å². The van der Waals surface area contributed by atoms with Gasteiger partial charge in [-0.1, -0.05) is 165 Å². The van der Waals surface area contributed by atoms with E-state index < -0.39 is 0 Å². The molecule has 4 radical (unpaired) electrons. The molecule has 6 rings (SSSR count). The van der Waals surface area contributed by atoms with Crippen LogP contribution in [0.3, 0.4) is 0 Å². The molecule has 42 heavy (non-hydrogen) atoms. The molecular weight excluding hydrogens is 523 g/mol. The summed E-state index contributed by atoms with van der Waals surface area (Å²) >= 11 is 0. The lowest BCUT2D eigenvalue weighted by Crippen LogP contribution is -2.46. The van der Waals surface area contributed by atoms with Crippen molar-refractivity contribution in [3.8, 4) is 0 Å². The van der Waals surface area contributed by atoms with E-state index in [1.807, 2.05) is 48.9 Å². The predicted molar refractivity (Wildman–Crippen MR) is 178 cm³/mol. The lowest BCUT2D eigenvalue weighted by molar-refractivity contribution is 0.596. The van der Waals surface area contributed by atoms with Crippen molar-refractivity contribution in [1.82, 2.24) is 9.55 Å². The van der Waals surface area contributed by atoms with Crippen LogP contribution in [0.25, 0.3) is 0 Å². The van der Waals surface area contributed by atoms with Crippen LogP contribution in [0.1, 0.15) is 53.4 Å². The van der Waals surface area contributed by atoms with E-state index in [9.17, 15) is 0 Å². The maximum atomic E-state index is 6.12. The molecule has 0 aliphatic heterocycles. The molecule has 0 aliphatic rings. The Morgan fingerprint density at radius 1 is 0.619 bits per heavy atom. The molecule has 0 amide bonds. The van der Waals surface area contributed by atoms with E-state index in [2.05, 4.69) is 139 Å². The van der Waals surface area contributed by atoms with Crippen LogP contribution in [0, 0.1) is 0 Å². The van der Waals surface area contributed by atoms with Gasteiger partial charge in [0, 0.05) is 12.4 Å². The first kappa shape index (κ1) is 29.1.